The Labute approximate surface area is 123 Å². The van der Waals surface area contributed by atoms with Crippen LogP contribution in [0.3, 0.4) is 0 Å². The number of benzene rings is 1. The molecule has 0 bridgehead atoms. The minimum absolute atomic E-state index is 0.0678. The van der Waals surface area contributed by atoms with E-state index in [1.54, 1.807) is 0 Å². The van der Waals surface area contributed by atoms with Crippen LogP contribution < -0.4 is 10.5 Å². The van der Waals surface area contributed by atoms with Gasteiger partial charge < -0.3 is 15.4 Å². The molecule has 3 unspecified atom stereocenters. The molecular formula is C17H28N2O. The van der Waals surface area contributed by atoms with Crippen molar-refractivity contribution in [2.45, 2.75) is 39.8 Å². The summed E-state index contributed by atoms with van der Waals surface area (Å²) >= 11 is 0. The summed E-state index contributed by atoms with van der Waals surface area (Å²) in [6.45, 7) is 9.19. The van der Waals surface area contributed by atoms with Crippen molar-refractivity contribution < 1.29 is 4.74 Å². The average molecular weight is 276 g/mol. The Hall–Kier alpha value is -1.06. The van der Waals surface area contributed by atoms with E-state index >= 15 is 0 Å². The Bertz CT molecular complexity index is 445. The van der Waals surface area contributed by atoms with E-state index in [-0.39, 0.29) is 6.04 Å². The first-order valence-electron chi connectivity index (χ1n) is 7.71. The average Bonchev–Trinajstić information content (AvgIpc) is 3.06. The van der Waals surface area contributed by atoms with Gasteiger partial charge in [0.15, 0.2) is 0 Å². The first-order valence-corrected chi connectivity index (χ1v) is 7.71. The summed E-state index contributed by atoms with van der Waals surface area (Å²) in [5, 5.41) is 0. The molecule has 1 aromatic carbocycles. The number of hydrogen-bond acceptors (Lipinski definition) is 3. The third-order valence-electron chi connectivity index (χ3n) is 4.17. The number of hydrogen-bond donors (Lipinski definition) is 1. The molecule has 1 aromatic rings. The van der Waals surface area contributed by atoms with Crippen molar-refractivity contribution in [2.24, 2.45) is 17.6 Å². The van der Waals surface area contributed by atoms with Crippen LogP contribution in [0.15, 0.2) is 18.2 Å². The van der Waals surface area contributed by atoms with Crippen molar-refractivity contribution in [3.63, 3.8) is 0 Å². The topological polar surface area (TPSA) is 38.5 Å². The Morgan fingerprint density at radius 2 is 2.15 bits per heavy atom. The number of nitrogens with two attached hydrogens (primary N) is 1. The molecule has 0 amide bonds. The van der Waals surface area contributed by atoms with Crippen LogP contribution in [-0.4, -0.2) is 25.1 Å². The lowest BCUT2D eigenvalue weighted by Crippen LogP contribution is -2.21. The van der Waals surface area contributed by atoms with E-state index in [0.717, 1.165) is 24.1 Å². The van der Waals surface area contributed by atoms with Gasteiger partial charge in [-0.25, -0.2) is 0 Å². The maximum Gasteiger partial charge on any atom is 0.123 e. The minimum Gasteiger partial charge on any atom is -0.494 e. The largest absolute Gasteiger partial charge is 0.494 e. The van der Waals surface area contributed by atoms with Gasteiger partial charge in [0.2, 0.25) is 0 Å². The van der Waals surface area contributed by atoms with Crippen LogP contribution >= 0.6 is 0 Å². The van der Waals surface area contributed by atoms with E-state index in [2.05, 4.69) is 37.1 Å². The van der Waals surface area contributed by atoms with E-state index < -0.39 is 0 Å². The first-order chi connectivity index (χ1) is 9.51. The number of rotatable bonds is 7. The van der Waals surface area contributed by atoms with Crippen molar-refractivity contribution in [1.82, 2.24) is 4.90 Å². The van der Waals surface area contributed by atoms with Crippen LogP contribution in [0.5, 0.6) is 5.75 Å². The summed E-state index contributed by atoms with van der Waals surface area (Å²) in [6.07, 6.45) is 1.38. The molecule has 3 heteroatoms. The highest BCUT2D eigenvalue weighted by Gasteiger charge is 2.33. The molecule has 0 aromatic heterocycles. The second-order valence-corrected chi connectivity index (χ2v) is 6.26. The molecular weight excluding hydrogens is 248 g/mol. The fourth-order valence-corrected chi connectivity index (χ4v) is 2.71. The molecule has 1 aliphatic rings. The van der Waals surface area contributed by atoms with Gasteiger partial charge in [-0.1, -0.05) is 13.0 Å². The van der Waals surface area contributed by atoms with E-state index in [9.17, 15) is 0 Å². The van der Waals surface area contributed by atoms with Crippen LogP contribution in [0.4, 0.5) is 0 Å². The molecule has 1 fully saturated rings. The summed E-state index contributed by atoms with van der Waals surface area (Å²) in [4.78, 5) is 2.40. The van der Waals surface area contributed by atoms with E-state index in [1.807, 2.05) is 13.8 Å². The summed E-state index contributed by atoms with van der Waals surface area (Å²) in [5.74, 6) is 2.78. The quantitative estimate of drug-likeness (QED) is 0.831. The summed E-state index contributed by atoms with van der Waals surface area (Å²) in [5.41, 5.74) is 8.42. The Balaban J connectivity index is 2.07. The standard InChI is InChI=1S/C17H28N2O/c1-5-20-17-7-6-14(13(3)18)9-16(17)11-19(4)10-15-8-12(15)2/h6-7,9,12-13,15H,5,8,10-11,18H2,1-4H3. The van der Waals surface area contributed by atoms with Gasteiger partial charge in [-0.05, 0) is 56.8 Å². The zero-order valence-electron chi connectivity index (χ0n) is 13.2. The molecule has 0 spiro atoms. The van der Waals surface area contributed by atoms with Crippen LogP contribution in [0, 0.1) is 11.8 Å². The van der Waals surface area contributed by atoms with Crippen molar-refractivity contribution in [3.8, 4) is 5.75 Å². The Kier molecular flexibility index (Phi) is 5.06. The van der Waals surface area contributed by atoms with E-state index in [4.69, 9.17) is 10.5 Å². The molecule has 0 saturated heterocycles. The van der Waals surface area contributed by atoms with Crippen molar-refractivity contribution >= 4 is 0 Å². The SMILES string of the molecule is CCOc1ccc(C(C)N)cc1CN(C)CC1CC1C. The smallest absolute Gasteiger partial charge is 0.123 e. The molecule has 3 atom stereocenters. The van der Waals surface area contributed by atoms with Gasteiger partial charge in [0.05, 0.1) is 6.61 Å². The molecule has 0 heterocycles. The zero-order chi connectivity index (χ0) is 14.7. The van der Waals surface area contributed by atoms with Gasteiger partial charge >= 0.3 is 0 Å². The molecule has 1 saturated carbocycles. The maximum absolute atomic E-state index is 5.99. The minimum atomic E-state index is 0.0678. The number of nitrogens with zero attached hydrogens (tertiary/aromatic N) is 1. The third-order valence-corrected chi connectivity index (χ3v) is 4.17. The Morgan fingerprint density at radius 1 is 1.45 bits per heavy atom. The van der Waals surface area contributed by atoms with Gasteiger partial charge in [-0.2, -0.15) is 0 Å². The van der Waals surface area contributed by atoms with Gasteiger partial charge in [0, 0.05) is 24.7 Å². The number of ether oxygens (including phenoxy) is 1. The molecule has 0 radical (unpaired) electrons. The lowest BCUT2D eigenvalue weighted by Gasteiger charge is -2.20. The van der Waals surface area contributed by atoms with Crippen LogP contribution in [0.1, 0.15) is 44.4 Å². The third kappa shape index (κ3) is 3.97. The highest BCUT2D eigenvalue weighted by Crippen LogP contribution is 2.38. The first kappa shape index (κ1) is 15.3. The fraction of sp³-hybridized carbons (Fsp3) is 0.647. The van der Waals surface area contributed by atoms with E-state index in [0.29, 0.717) is 6.61 Å². The summed E-state index contributed by atoms with van der Waals surface area (Å²) in [6, 6.07) is 6.40. The van der Waals surface area contributed by atoms with Gasteiger partial charge in [0.25, 0.3) is 0 Å². The zero-order valence-corrected chi connectivity index (χ0v) is 13.2. The molecule has 1 aliphatic carbocycles. The van der Waals surface area contributed by atoms with Gasteiger partial charge in [0.1, 0.15) is 5.75 Å². The molecule has 112 valence electrons. The summed E-state index contributed by atoms with van der Waals surface area (Å²) in [7, 11) is 2.19. The van der Waals surface area contributed by atoms with Crippen LogP contribution in [-0.2, 0) is 6.54 Å². The van der Waals surface area contributed by atoms with Gasteiger partial charge in [-0.3, -0.25) is 0 Å². The lowest BCUT2D eigenvalue weighted by molar-refractivity contribution is 0.291. The molecule has 0 aliphatic heterocycles. The second-order valence-electron chi connectivity index (χ2n) is 6.26. The molecule has 2 rings (SSSR count). The van der Waals surface area contributed by atoms with Crippen molar-refractivity contribution in [1.29, 1.82) is 0 Å². The monoisotopic (exact) mass is 276 g/mol. The Morgan fingerprint density at radius 3 is 2.70 bits per heavy atom. The normalized spacial score (nSPS) is 22.9. The summed E-state index contributed by atoms with van der Waals surface area (Å²) < 4.78 is 5.75. The van der Waals surface area contributed by atoms with Crippen molar-refractivity contribution in [2.75, 3.05) is 20.2 Å². The predicted octanol–water partition coefficient (Wildman–Crippen LogP) is 3.19. The predicted molar refractivity (Wildman–Crippen MR) is 83.8 cm³/mol. The van der Waals surface area contributed by atoms with Crippen LogP contribution in [0.25, 0.3) is 0 Å². The van der Waals surface area contributed by atoms with Crippen LogP contribution in [0.2, 0.25) is 0 Å². The molecule has 2 N–H and O–H groups in total. The second kappa shape index (κ2) is 6.59. The molecule has 20 heavy (non-hydrogen) atoms. The maximum atomic E-state index is 5.99. The van der Waals surface area contributed by atoms with Gasteiger partial charge in [-0.15, -0.1) is 0 Å². The highest BCUT2D eigenvalue weighted by atomic mass is 16.5. The fourth-order valence-electron chi connectivity index (χ4n) is 2.71. The lowest BCUT2D eigenvalue weighted by atomic mass is 10.0. The highest BCUT2D eigenvalue weighted by molar-refractivity contribution is 5.38. The van der Waals surface area contributed by atoms with E-state index in [1.165, 1.54) is 24.1 Å². The van der Waals surface area contributed by atoms with Crippen molar-refractivity contribution in [3.05, 3.63) is 29.3 Å². The molecule has 3 nitrogen and oxygen atoms in total.